The van der Waals surface area contributed by atoms with Crippen LogP contribution in [0.3, 0.4) is 0 Å². The lowest BCUT2D eigenvalue weighted by Gasteiger charge is -2.15. The first kappa shape index (κ1) is 21.0. The Labute approximate surface area is 190 Å². The summed E-state index contributed by atoms with van der Waals surface area (Å²) in [4.78, 5) is 16.8. The predicted molar refractivity (Wildman–Crippen MR) is 124 cm³/mol. The van der Waals surface area contributed by atoms with Gasteiger partial charge in [0, 0.05) is 36.4 Å². The number of ether oxygens (including phenoxy) is 2. The van der Waals surface area contributed by atoms with Crippen LogP contribution in [0.15, 0.2) is 71.3 Å². The molecule has 8 nitrogen and oxygen atoms in total. The molecule has 0 saturated carbocycles. The number of carbonyl (C=O) groups is 1. The fraction of sp³-hybridized carbons (Fsp3) is 0.200. The molecule has 4 aromatic rings. The van der Waals surface area contributed by atoms with Crippen LogP contribution in [0.1, 0.15) is 6.42 Å². The van der Waals surface area contributed by atoms with Crippen molar-refractivity contribution in [2.24, 2.45) is 0 Å². The highest BCUT2D eigenvalue weighted by Gasteiger charge is 2.25. The molecule has 3 heterocycles. The first-order valence-corrected chi connectivity index (χ1v) is 10.6. The number of hydrogen-bond donors (Lipinski definition) is 3. The lowest BCUT2D eigenvalue weighted by Crippen LogP contribution is -2.29. The number of pyridine rings is 1. The van der Waals surface area contributed by atoms with E-state index in [4.69, 9.17) is 13.9 Å². The number of carbonyl (C=O) groups excluding carboxylic acids is 1. The van der Waals surface area contributed by atoms with E-state index >= 15 is 0 Å². The van der Waals surface area contributed by atoms with Gasteiger partial charge in [-0.2, -0.15) is 0 Å². The molecule has 0 radical (unpaired) electrons. The number of furan rings is 1. The molecule has 2 aromatic heterocycles. The summed E-state index contributed by atoms with van der Waals surface area (Å²) in [7, 11) is 1.53. The van der Waals surface area contributed by atoms with Crippen molar-refractivity contribution in [2.45, 2.75) is 18.8 Å². The van der Waals surface area contributed by atoms with Crippen LogP contribution in [0, 0.1) is 0 Å². The number of methoxy groups -OCH3 is 1. The van der Waals surface area contributed by atoms with E-state index < -0.39 is 18.4 Å². The standard InChI is InChI=1S/C25H23N3O5/c1-31-21-8-7-16(11-19(21)28-25(30)33-23-12-17(29)14-27-23)22-13-20-24(32-22)18(9-10-26-20)15-5-3-2-4-6-15/h2-11,13,17,23,27,29H,12,14H2,1H3,(H,28,30)/t17-,23+/m1/s1. The zero-order valence-corrected chi connectivity index (χ0v) is 17.9. The van der Waals surface area contributed by atoms with Crippen molar-refractivity contribution in [3.63, 3.8) is 0 Å². The largest absolute Gasteiger partial charge is 0.495 e. The molecule has 2 aromatic carbocycles. The van der Waals surface area contributed by atoms with Crippen LogP contribution >= 0.6 is 0 Å². The second-order valence-electron chi connectivity index (χ2n) is 7.78. The number of amides is 1. The summed E-state index contributed by atoms with van der Waals surface area (Å²) in [6, 6.07) is 19.1. The number of aliphatic hydroxyl groups excluding tert-OH is 1. The average molecular weight is 445 g/mol. The average Bonchev–Trinajstić information content (AvgIpc) is 3.45. The molecular formula is C25H23N3O5. The van der Waals surface area contributed by atoms with E-state index in [-0.39, 0.29) is 0 Å². The van der Waals surface area contributed by atoms with Crippen LogP contribution < -0.4 is 15.4 Å². The SMILES string of the molecule is COc1ccc(-c2cc3nccc(-c4ccccc4)c3o2)cc1NC(=O)O[C@H]1C[C@@H](O)CN1. The Balaban J connectivity index is 1.44. The third kappa shape index (κ3) is 4.39. The number of benzene rings is 2. The van der Waals surface area contributed by atoms with Crippen LogP contribution in [0.5, 0.6) is 5.75 Å². The van der Waals surface area contributed by atoms with E-state index in [1.165, 1.54) is 7.11 Å². The van der Waals surface area contributed by atoms with E-state index in [2.05, 4.69) is 15.6 Å². The van der Waals surface area contributed by atoms with Gasteiger partial charge in [-0.3, -0.25) is 15.6 Å². The summed E-state index contributed by atoms with van der Waals surface area (Å²) < 4.78 is 16.9. The fourth-order valence-corrected chi connectivity index (χ4v) is 3.92. The van der Waals surface area contributed by atoms with Gasteiger partial charge in [-0.25, -0.2) is 4.79 Å². The van der Waals surface area contributed by atoms with Crippen molar-refractivity contribution < 1.29 is 23.8 Å². The quantitative estimate of drug-likeness (QED) is 0.418. The third-order valence-electron chi connectivity index (χ3n) is 5.53. The molecule has 1 aliphatic heterocycles. The summed E-state index contributed by atoms with van der Waals surface area (Å²) in [5, 5.41) is 15.2. The van der Waals surface area contributed by atoms with Crippen molar-refractivity contribution >= 4 is 22.9 Å². The monoisotopic (exact) mass is 445 g/mol. The Hall–Kier alpha value is -3.88. The normalized spacial score (nSPS) is 17.8. The molecular weight excluding hydrogens is 422 g/mol. The second-order valence-corrected chi connectivity index (χ2v) is 7.78. The van der Waals surface area contributed by atoms with Gasteiger partial charge in [-0.1, -0.05) is 30.3 Å². The highest BCUT2D eigenvalue weighted by atomic mass is 16.6. The minimum atomic E-state index is -0.644. The minimum absolute atomic E-state index is 0.348. The summed E-state index contributed by atoms with van der Waals surface area (Å²) in [6.07, 6.45) is 0.403. The molecule has 33 heavy (non-hydrogen) atoms. The number of hydrogen-bond acceptors (Lipinski definition) is 7. The molecule has 1 aliphatic rings. The van der Waals surface area contributed by atoms with Crippen molar-refractivity contribution in [3.05, 3.63) is 66.9 Å². The van der Waals surface area contributed by atoms with Gasteiger partial charge in [0.2, 0.25) is 0 Å². The predicted octanol–water partition coefficient (Wildman–Crippen LogP) is 4.40. The summed E-state index contributed by atoms with van der Waals surface area (Å²) >= 11 is 0. The van der Waals surface area contributed by atoms with E-state index in [0.29, 0.717) is 35.7 Å². The lowest BCUT2D eigenvalue weighted by atomic mass is 10.1. The number of aromatic nitrogens is 1. The fourth-order valence-electron chi connectivity index (χ4n) is 3.92. The van der Waals surface area contributed by atoms with Gasteiger partial charge in [-0.15, -0.1) is 0 Å². The zero-order chi connectivity index (χ0) is 22.8. The molecule has 0 aliphatic carbocycles. The molecule has 0 spiro atoms. The van der Waals surface area contributed by atoms with Crippen LogP contribution in [-0.4, -0.2) is 42.2 Å². The first-order chi connectivity index (χ1) is 16.1. The van der Waals surface area contributed by atoms with Crippen molar-refractivity contribution in [2.75, 3.05) is 19.0 Å². The maximum absolute atomic E-state index is 12.4. The van der Waals surface area contributed by atoms with Gasteiger partial charge in [-0.05, 0) is 29.8 Å². The van der Waals surface area contributed by atoms with E-state index in [1.807, 2.05) is 48.5 Å². The summed E-state index contributed by atoms with van der Waals surface area (Å²) in [5.74, 6) is 1.09. The second kappa shape index (κ2) is 8.93. The number of nitrogens with one attached hydrogen (secondary N) is 2. The van der Waals surface area contributed by atoms with Crippen LogP contribution in [-0.2, 0) is 4.74 Å². The molecule has 5 rings (SSSR count). The molecule has 3 N–H and O–H groups in total. The Morgan fingerprint density at radius 2 is 2.00 bits per heavy atom. The Kier molecular flexibility index (Phi) is 5.68. The van der Waals surface area contributed by atoms with Crippen LogP contribution in [0.4, 0.5) is 10.5 Å². The van der Waals surface area contributed by atoms with Crippen LogP contribution in [0.25, 0.3) is 33.6 Å². The number of aliphatic hydroxyl groups is 1. The maximum atomic E-state index is 12.4. The molecule has 0 bridgehead atoms. The molecule has 2 atom stereocenters. The highest BCUT2D eigenvalue weighted by Crippen LogP contribution is 2.36. The van der Waals surface area contributed by atoms with Crippen LogP contribution in [0.2, 0.25) is 0 Å². The van der Waals surface area contributed by atoms with Crippen molar-refractivity contribution in [1.29, 1.82) is 0 Å². The van der Waals surface area contributed by atoms with E-state index in [1.54, 1.807) is 18.3 Å². The smallest absolute Gasteiger partial charge is 0.413 e. The number of rotatable bonds is 5. The Morgan fingerprint density at radius 1 is 1.15 bits per heavy atom. The topological polar surface area (TPSA) is 106 Å². The highest BCUT2D eigenvalue weighted by molar-refractivity contribution is 5.93. The van der Waals surface area contributed by atoms with Gasteiger partial charge in [0.05, 0.1) is 18.9 Å². The number of fused-ring (bicyclic) bond motifs is 1. The molecule has 1 saturated heterocycles. The molecule has 168 valence electrons. The number of anilines is 1. The molecule has 8 heteroatoms. The Morgan fingerprint density at radius 3 is 2.76 bits per heavy atom. The van der Waals surface area contributed by atoms with Crippen molar-refractivity contribution in [1.82, 2.24) is 10.3 Å². The number of nitrogens with zero attached hydrogens (tertiary/aromatic N) is 1. The van der Waals surface area contributed by atoms with E-state index in [0.717, 1.165) is 22.2 Å². The number of β-amino-alcohol motifs (C(OH)–C–C–N with tert-alkyl or cyclic N) is 1. The summed E-state index contributed by atoms with van der Waals surface area (Å²) in [5.41, 5.74) is 4.61. The molecule has 1 amide bonds. The summed E-state index contributed by atoms with van der Waals surface area (Å²) in [6.45, 7) is 0.391. The first-order valence-electron chi connectivity index (χ1n) is 10.6. The van der Waals surface area contributed by atoms with E-state index in [9.17, 15) is 9.90 Å². The zero-order valence-electron chi connectivity index (χ0n) is 17.9. The van der Waals surface area contributed by atoms with Gasteiger partial charge in [0.25, 0.3) is 0 Å². The van der Waals surface area contributed by atoms with Gasteiger partial charge >= 0.3 is 6.09 Å². The van der Waals surface area contributed by atoms with Gasteiger partial charge < -0.3 is 19.0 Å². The van der Waals surface area contributed by atoms with Gasteiger partial charge in [0.15, 0.2) is 11.8 Å². The maximum Gasteiger partial charge on any atom is 0.413 e. The van der Waals surface area contributed by atoms with Crippen molar-refractivity contribution in [3.8, 4) is 28.2 Å². The lowest BCUT2D eigenvalue weighted by molar-refractivity contribution is 0.0914. The minimum Gasteiger partial charge on any atom is -0.495 e. The van der Waals surface area contributed by atoms with Gasteiger partial charge in [0.1, 0.15) is 17.0 Å². The molecule has 0 unspecified atom stereocenters. The molecule has 1 fully saturated rings. The third-order valence-corrected chi connectivity index (χ3v) is 5.53. The Bertz CT molecular complexity index is 1290.